The molecule has 6 N–H and O–H groups in total. The Morgan fingerprint density at radius 3 is 2.69 bits per heavy atom. The summed E-state index contributed by atoms with van der Waals surface area (Å²) in [4.78, 5) is 37.3. The van der Waals surface area contributed by atoms with Crippen LogP contribution in [0.25, 0.3) is 33.3 Å². The largest absolute Gasteiger partial charge is 0.384 e. The van der Waals surface area contributed by atoms with Crippen molar-refractivity contribution in [1.82, 2.24) is 25.6 Å². The number of H-pyrrole nitrogens is 1. The summed E-state index contributed by atoms with van der Waals surface area (Å²) in [6, 6.07) is 21.9. The zero-order chi connectivity index (χ0) is 25.1. The fraction of sp³-hybridized carbons (Fsp3) is 0.0741. The SMILES string of the molecule is N=C(N)c1ccc2nc(-c3ncccc3C(=O)NC(=O)NCCc3cccc4ccccc34)[nH]c2c1. The van der Waals surface area contributed by atoms with Gasteiger partial charge in [0.05, 0.1) is 16.6 Å². The van der Waals surface area contributed by atoms with E-state index >= 15 is 0 Å². The Bertz CT molecular complexity index is 1620. The van der Waals surface area contributed by atoms with E-state index in [0.29, 0.717) is 41.1 Å². The topological polar surface area (TPSA) is 150 Å². The number of carbonyl (C=O) groups is 2. The molecule has 5 aromatic rings. The number of nitrogens with two attached hydrogens (primary N) is 1. The average molecular weight is 478 g/mol. The number of hydrogen-bond acceptors (Lipinski definition) is 5. The molecule has 0 radical (unpaired) electrons. The quantitative estimate of drug-likeness (QED) is 0.186. The van der Waals surface area contributed by atoms with E-state index in [9.17, 15) is 9.59 Å². The number of aromatic nitrogens is 3. The Hall–Kier alpha value is -5.05. The monoisotopic (exact) mass is 477 g/mol. The maximum Gasteiger partial charge on any atom is 0.321 e. The number of fused-ring (bicyclic) bond motifs is 2. The predicted molar refractivity (Wildman–Crippen MR) is 139 cm³/mol. The number of amides is 3. The third-order valence-electron chi connectivity index (χ3n) is 5.86. The Labute approximate surface area is 206 Å². The molecule has 36 heavy (non-hydrogen) atoms. The molecule has 5 rings (SSSR count). The second-order valence-electron chi connectivity index (χ2n) is 8.23. The number of nitrogen functional groups attached to an aromatic ring is 1. The fourth-order valence-electron chi connectivity index (χ4n) is 4.10. The van der Waals surface area contributed by atoms with Crippen LogP contribution in [-0.2, 0) is 6.42 Å². The van der Waals surface area contributed by atoms with Crippen LogP contribution in [0.15, 0.2) is 79.0 Å². The van der Waals surface area contributed by atoms with E-state index in [1.807, 2.05) is 36.4 Å². The molecule has 3 amide bonds. The van der Waals surface area contributed by atoms with Gasteiger partial charge in [0.25, 0.3) is 5.91 Å². The molecule has 0 spiro atoms. The highest BCUT2D eigenvalue weighted by atomic mass is 16.2. The molecule has 0 saturated carbocycles. The molecule has 178 valence electrons. The number of urea groups is 1. The van der Waals surface area contributed by atoms with Crippen molar-refractivity contribution >= 4 is 39.6 Å². The summed E-state index contributed by atoms with van der Waals surface area (Å²) >= 11 is 0. The summed E-state index contributed by atoms with van der Waals surface area (Å²) in [7, 11) is 0. The highest BCUT2D eigenvalue weighted by Crippen LogP contribution is 2.23. The van der Waals surface area contributed by atoms with Gasteiger partial charge in [0.2, 0.25) is 0 Å². The fourth-order valence-corrected chi connectivity index (χ4v) is 4.10. The molecule has 9 heteroatoms. The smallest absolute Gasteiger partial charge is 0.321 e. The van der Waals surface area contributed by atoms with Crippen molar-refractivity contribution in [2.75, 3.05) is 6.54 Å². The third-order valence-corrected chi connectivity index (χ3v) is 5.86. The van der Waals surface area contributed by atoms with Crippen LogP contribution in [0, 0.1) is 5.41 Å². The molecule has 2 aromatic heterocycles. The molecule has 0 bridgehead atoms. The molecule has 0 unspecified atom stereocenters. The first-order chi connectivity index (χ1) is 17.5. The third kappa shape index (κ3) is 4.62. The molecule has 0 atom stereocenters. The summed E-state index contributed by atoms with van der Waals surface area (Å²) in [5, 5.41) is 15.0. The highest BCUT2D eigenvalue weighted by molar-refractivity contribution is 6.07. The Morgan fingerprint density at radius 1 is 1.00 bits per heavy atom. The van der Waals surface area contributed by atoms with Crippen LogP contribution >= 0.6 is 0 Å². The van der Waals surface area contributed by atoms with Gasteiger partial charge in [-0.25, -0.2) is 9.78 Å². The number of aromatic amines is 1. The molecule has 0 aliphatic rings. The van der Waals surface area contributed by atoms with E-state index in [4.69, 9.17) is 11.1 Å². The Kier molecular flexibility index (Phi) is 6.10. The predicted octanol–water partition coefficient (Wildman–Crippen LogP) is 3.74. The van der Waals surface area contributed by atoms with E-state index in [-0.39, 0.29) is 11.4 Å². The minimum absolute atomic E-state index is 0.0579. The number of benzene rings is 3. The van der Waals surface area contributed by atoms with Crippen LogP contribution in [0.3, 0.4) is 0 Å². The summed E-state index contributed by atoms with van der Waals surface area (Å²) in [6.45, 7) is 0.370. The summed E-state index contributed by atoms with van der Waals surface area (Å²) in [5.41, 5.74) is 9.04. The van der Waals surface area contributed by atoms with Gasteiger partial charge in [0, 0.05) is 18.3 Å². The summed E-state index contributed by atoms with van der Waals surface area (Å²) in [5.74, 6) is -0.282. The molecular formula is C27H23N7O2. The van der Waals surface area contributed by atoms with Crippen LogP contribution in [0.4, 0.5) is 4.79 Å². The number of pyridine rings is 1. The van der Waals surface area contributed by atoms with Crippen molar-refractivity contribution in [2.24, 2.45) is 5.73 Å². The van der Waals surface area contributed by atoms with Crippen molar-refractivity contribution in [3.63, 3.8) is 0 Å². The zero-order valence-corrected chi connectivity index (χ0v) is 19.2. The first-order valence-corrected chi connectivity index (χ1v) is 11.3. The van der Waals surface area contributed by atoms with E-state index in [1.54, 1.807) is 36.5 Å². The molecule has 0 fully saturated rings. The normalized spacial score (nSPS) is 10.9. The van der Waals surface area contributed by atoms with Gasteiger partial charge >= 0.3 is 6.03 Å². The lowest BCUT2D eigenvalue weighted by Crippen LogP contribution is -2.40. The number of imidazole rings is 1. The maximum absolute atomic E-state index is 12.9. The van der Waals surface area contributed by atoms with Gasteiger partial charge < -0.3 is 16.0 Å². The van der Waals surface area contributed by atoms with Gasteiger partial charge in [-0.1, -0.05) is 42.5 Å². The summed E-state index contributed by atoms with van der Waals surface area (Å²) in [6.07, 6.45) is 2.17. The molecule has 3 aromatic carbocycles. The Balaban J connectivity index is 1.28. The molecule has 2 heterocycles. The lowest BCUT2D eigenvalue weighted by atomic mass is 10.0. The van der Waals surface area contributed by atoms with Gasteiger partial charge in [-0.15, -0.1) is 0 Å². The zero-order valence-electron chi connectivity index (χ0n) is 19.2. The lowest BCUT2D eigenvalue weighted by Gasteiger charge is -2.10. The second-order valence-corrected chi connectivity index (χ2v) is 8.23. The maximum atomic E-state index is 12.9. The van der Waals surface area contributed by atoms with Crippen LogP contribution in [0.5, 0.6) is 0 Å². The first-order valence-electron chi connectivity index (χ1n) is 11.3. The van der Waals surface area contributed by atoms with Gasteiger partial charge in [0.15, 0.2) is 5.82 Å². The van der Waals surface area contributed by atoms with Gasteiger partial charge in [-0.2, -0.15) is 0 Å². The minimum atomic E-state index is -0.592. The van der Waals surface area contributed by atoms with Crippen molar-refractivity contribution in [2.45, 2.75) is 6.42 Å². The van der Waals surface area contributed by atoms with E-state index in [2.05, 4.69) is 31.7 Å². The lowest BCUT2D eigenvalue weighted by molar-refractivity contribution is 0.0964. The van der Waals surface area contributed by atoms with Crippen LogP contribution < -0.4 is 16.4 Å². The van der Waals surface area contributed by atoms with Gasteiger partial charge in [-0.05, 0) is 53.1 Å². The van der Waals surface area contributed by atoms with Crippen molar-refractivity contribution < 1.29 is 9.59 Å². The molecule has 9 nitrogen and oxygen atoms in total. The van der Waals surface area contributed by atoms with Crippen LogP contribution in [0.2, 0.25) is 0 Å². The number of rotatable bonds is 6. The van der Waals surface area contributed by atoms with E-state index in [0.717, 1.165) is 16.3 Å². The number of nitrogens with one attached hydrogen (secondary N) is 4. The van der Waals surface area contributed by atoms with Gasteiger partial charge in [-0.3, -0.25) is 20.5 Å². The standard InChI is InChI=1S/C27H23N7O2/c28-24(29)18-10-11-21-22(15-18)33-25(32-21)23-20(9-4-13-30-23)26(35)34-27(36)31-14-12-17-7-3-6-16-5-1-2-8-19(16)17/h1-11,13,15H,12,14H2,(H3,28,29)(H,32,33)(H2,31,34,35,36). The Morgan fingerprint density at radius 2 is 1.83 bits per heavy atom. The summed E-state index contributed by atoms with van der Waals surface area (Å²) < 4.78 is 0. The first kappa shape index (κ1) is 22.7. The van der Waals surface area contributed by atoms with Crippen molar-refractivity contribution in [1.29, 1.82) is 5.41 Å². The molecule has 0 saturated heterocycles. The molecular weight excluding hydrogens is 454 g/mol. The second kappa shape index (κ2) is 9.67. The number of hydrogen-bond donors (Lipinski definition) is 5. The van der Waals surface area contributed by atoms with Crippen molar-refractivity contribution in [3.8, 4) is 11.5 Å². The number of carbonyl (C=O) groups excluding carboxylic acids is 2. The number of imide groups is 1. The van der Waals surface area contributed by atoms with Crippen molar-refractivity contribution in [3.05, 3.63) is 95.7 Å². The minimum Gasteiger partial charge on any atom is -0.384 e. The molecule has 0 aliphatic heterocycles. The van der Waals surface area contributed by atoms with E-state index < -0.39 is 11.9 Å². The molecule has 0 aliphatic carbocycles. The van der Waals surface area contributed by atoms with Crippen LogP contribution in [-0.4, -0.2) is 39.3 Å². The number of nitrogens with zero attached hydrogens (tertiary/aromatic N) is 2. The van der Waals surface area contributed by atoms with E-state index in [1.165, 1.54) is 0 Å². The highest BCUT2D eigenvalue weighted by Gasteiger charge is 2.19. The number of amidine groups is 1. The average Bonchev–Trinajstić information content (AvgIpc) is 3.32. The van der Waals surface area contributed by atoms with Gasteiger partial charge in [0.1, 0.15) is 11.5 Å². The van der Waals surface area contributed by atoms with Crippen LogP contribution in [0.1, 0.15) is 21.5 Å².